The van der Waals surface area contributed by atoms with Gasteiger partial charge in [0.15, 0.2) is 0 Å². The van der Waals surface area contributed by atoms with Crippen LogP contribution in [0.15, 0.2) is 77.4 Å². The van der Waals surface area contributed by atoms with Gasteiger partial charge >= 0.3 is 0 Å². The Morgan fingerprint density at radius 1 is 0.929 bits per heavy atom. The summed E-state index contributed by atoms with van der Waals surface area (Å²) in [6, 6.07) is 17.6. The van der Waals surface area contributed by atoms with Gasteiger partial charge < -0.3 is 9.47 Å². The van der Waals surface area contributed by atoms with Crippen molar-refractivity contribution in [3.63, 3.8) is 0 Å². The van der Waals surface area contributed by atoms with Gasteiger partial charge in [0.2, 0.25) is 0 Å². The summed E-state index contributed by atoms with van der Waals surface area (Å²) in [5.41, 5.74) is 2.29. The second-order valence-electron chi connectivity index (χ2n) is 10.0. The van der Waals surface area contributed by atoms with Crippen LogP contribution in [-0.2, 0) is 0 Å². The second-order valence-corrected chi connectivity index (χ2v) is 10.0. The zero-order chi connectivity index (χ0) is 29.8. The fourth-order valence-electron chi connectivity index (χ4n) is 5.52. The molecule has 2 atom stereocenters. The minimum Gasteiger partial charge on any atom is -0.494 e. The summed E-state index contributed by atoms with van der Waals surface area (Å²) in [5, 5.41) is 29.2. The summed E-state index contributed by atoms with van der Waals surface area (Å²) in [7, 11) is 0. The molecule has 11 nitrogen and oxygen atoms in total. The molecule has 0 spiro atoms. The molecule has 1 amide bonds. The second kappa shape index (κ2) is 12.2. The van der Waals surface area contributed by atoms with E-state index in [2.05, 4.69) is 6.08 Å². The van der Waals surface area contributed by atoms with Gasteiger partial charge in [0.05, 0.1) is 46.4 Å². The largest absolute Gasteiger partial charge is 0.494 e. The van der Waals surface area contributed by atoms with Gasteiger partial charge in [-0.25, -0.2) is 5.01 Å². The smallest absolute Gasteiger partial charge is 0.277 e. The highest BCUT2D eigenvalue weighted by molar-refractivity contribution is 6.09. The lowest BCUT2D eigenvalue weighted by Gasteiger charge is -2.29. The van der Waals surface area contributed by atoms with E-state index in [0.29, 0.717) is 19.0 Å². The van der Waals surface area contributed by atoms with Gasteiger partial charge in [-0.2, -0.15) is 5.10 Å². The van der Waals surface area contributed by atoms with E-state index in [1.165, 1.54) is 5.01 Å². The fraction of sp³-hybridized carbons (Fsp3) is 0.290. The molecule has 0 unspecified atom stereocenters. The Hall–Kier alpha value is -5.06. The molecule has 0 aromatic heterocycles. The fourth-order valence-corrected chi connectivity index (χ4v) is 5.52. The Labute approximate surface area is 242 Å². The molecule has 3 aromatic carbocycles. The van der Waals surface area contributed by atoms with Crippen molar-refractivity contribution in [3.8, 4) is 11.5 Å². The molecule has 1 aliphatic heterocycles. The topological polar surface area (TPSA) is 137 Å². The van der Waals surface area contributed by atoms with Crippen molar-refractivity contribution in [1.29, 1.82) is 0 Å². The number of amides is 1. The van der Waals surface area contributed by atoms with Crippen molar-refractivity contribution in [2.45, 2.75) is 39.2 Å². The van der Waals surface area contributed by atoms with Crippen molar-refractivity contribution in [3.05, 3.63) is 109 Å². The van der Waals surface area contributed by atoms with Crippen LogP contribution < -0.4 is 9.47 Å². The average molecular weight is 571 g/mol. The van der Waals surface area contributed by atoms with Crippen LogP contribution in [0.3, 0.4) is 0 Å². The SMILES string of the molecule is CCOc1ccc(/C=C2\CCC[C@@H]3C2=NN(C(=O)c2cc([N+](=O)[O-])cc([N+](=O)[O-])c2)[C@H]3c2ccc(OCC)cc2)cc1. The number of carbonyl (C=O) groups excluding carboxylic acids is 1. The summed E-state index contributed by atoms with van der Waals surface area (Å²) < 4.78 is 11.2. The summed E-state index contributed by atoms with van der Waals surface area (Å²) >= 11 is 0. The van der Waals surface area contributed by atoms with Crippen LogP contribution in [0.5, 0.6) is 11.5 Å². The molecular weight excluding hydrogens is 540 g/mol. The number of allylic oxidation sites excluding steroid dienone is 1. The number of benzene rings is 3. The number of nitrogens with zero attached hydrogens (tertiary/aromatic N) is 4. The first kappa shape index (κ1) is 28.5. The van der Waals surface area contributed by atoms with Gasteiger partial charge in [-0.1, -0.05) is 24.3 Å². The summed E-state index contributed by atoms with van der Waals surface area (Å²) in [6.45, 7) is 4.90. The minimum atomic E-state index is -0.749. The number of carbonyl (C=O) groups is 1. The van der Waals surface area contributed by atoms with Crippen molar-refractivity contribution >= 4 is 29.1 Å². The van der Waals surface area contributed by atoms with Gasteiger partial charge in [-0.3, -0.25) is 25.0 Å². The standard InChI is InChI=1S/C31H30N4O7/c1-3-41-26-12-8-20(9-13-26)16-22-6-5-7-28-29(22)32-33(30(28)21-10-14-27(15-11-21)42-4-2)31(36)23-17-24(34(37)38)19-25(18-23)35(39)40/h8-19,28,30H,3-7H2,1-2H3/b22-16+/t28-,30+/m1/s1. The quantitative estimate of drug-likeness (QED) is 0.205. The molecule has 0 radical (unpaired) electrons. The van der Waals surface area contributed by atoms with Gasteiger partial charge in [0.25, 0.3) is 17.3 Å². The lowest BCUT2D eigenvalue weighted by Crippen LogP contribution is -2.32. The minimum absolute atomic E-state index is 0.136. The molecular formula is C31H30N4O7. The van der Waals surface area contributed by atoms with Crippen LogP contribution in [0.4, 0.5) is 11.4 Å². The summed E-state index contributed by atoms with van der Waals surface area (Å²) in [4.78, 5) is 35.5. The van der Waals surface area contributed by atoms with E-state index < -0.39 is 33.2 Å². The van der Waals surface area contributed by atoms with Crippen LogP contribution in [0.25, 0.3) is 6.08 Å². The van der Waals surface area contributed by atoms with E-state index >= 15 is 0 Å². The van der Waals surface area contributed by atoms with Crippen LogP contribution >= 0.6 is 0 Å². The highest BCUT2D eigenvalue weighted by Crippen LogP contribution is 2.45. The van der Waals surface area contributed by atoms with E-state index in [1.807, 2.05) is 62.4 Å². The number of fused-ring (bicyclic) bond motifs is 1. The maximum atomic E-state index is 14.0. The predicted molar refractivity (Wildman–Crippen MR) is 157 cm³/mol. The molecule has 1 aliphatic carbocycles. The van der Waals surface area contributed by atoms with Crippen LogP contribution in [0.1, 0.15) is 60.6 Å². The van der Waals surface area contributed by atoms with E-state index in [0.717, 1.165) is 65.6 Å². The van der Waals surface area contributed by atoms with E-state index in [4.69, 9.17) is 14.6 Å². The number of ether oxygens (including phenoxy) is 2. The number of hydrogen-bond donors (Lipinski definition) is 0. The maximum Gasteiger partial charge on any atom is 0.277 e. The molecule has 11 heteroatoms. The molecule has 0 N–H and O–H groups in total. The predicted octanol–water partition coefficient (Wildman–Crippen LogP) is 6.74. The number of nitro groups is 2. The van der Waals surface area contributed by atoms with Crippen molar-refractivity contribution < 1.29 is 24.1 Å². The molecule has 2 aliphatic rings. The summed E-state index contributed by atoms with van der Waals surface area (Å²) in [6.07, 6.45) is 4.48. The number of non-ortho nitro benzene ring substituents is 2. The van der Waals surface area contributed by atoms with E-state index in [-0.39, 0.29) is 11.5 Å². The van der Waals surface area contributed by atoms with Crippen molar-refractivity contribution in [1.82, 2.24) is 5.01 Å². The zero-order valence-corrected chi connectivity index (χ0v) is 23.3. The zero-order valence-electron chi connectivity index (χ0n) is 23.3. The average Bonchev–Trinajstić information content (AvgIpc) is 3.39. The van der Waals surface area contributed by atoms with Gasteiger partial charge in [0, 0.05) is 18.1 Å². The third-order valence-electron chi connectivity index (χ3n) is 7.35. The number of rotatable bonds is 9. The Bertz CT molecular complexity index is 1530. The number of hydrazone groups is 1. The monoisotopic (exact) mass is 570 g/mol. The van der Waals surface area contributed by atoms with Crippen molar-refractivity contribution in [2.24, 2.45) is 11.0 Å². The van der Waals surface area contributed by atoms with E-state index in [1.54, 1.807) is 0 Å². The highest BCUT2D eigenvalue weighted by Gasteiger charge is 2.44. The molecule has 1 saturated carbocycles. The van der Waals surface area contributed by atoms with Crippen molar-refractivity contribution in [2.75, 3.05) is 13.2 Å². The molecule has 1 heterocycles. The Morgan fingerprint density at radius 3 is 2.05 bits per heavy atom. The van der Waals surface area contributed by atoms with Gasteiger partial charge in [-0.15, -0.1) is 0 Å². The van der Waals surface area contributed by atoms with Crippen LogP contribution in [0.2, 0.25) is 0 Å². The molecule has 216 valence electrons. The lowest BCUT2D eigenvalue weighted by atomic mass is 9.77. The van der Waals surface area contributed by atoms with Crippen LogP contribution in [0, 0.1) is 26.1 Å². The normalized spacial score (nSPS) is 18.8. The van der Waals surface area contributed by atoms with Gasteiger partial charge in [0.1, 0.15) is 11.5 Å². The van der Waals surface area contributed by atoms with Crippen LogP contribution in [-0.4, -0.2) is 39.7 Å². The highest BCUT2D eigenvalue weighted by atomic mass is 16.6. The number of hydrogen-bond acceptors (Lipinski definition) is 8. The number of nitro benzene ring substituents is 2. The van der Waals surface area contributed by atoms with Gasteiger partial charge in [-0.05, 0) is 80.2 Å². The third-order valence-corrected chi connectivity index (χ3v) is 7.35. The lowest BCUT2D eigenvalue weighted by molar-refractivity contribution is -0.394. The molecule has 42 heavy (non-hydrogen) atoms. The Morgan fingerprint density at radius 2 is 1.50 bits per heavy atom. The first-order valence-electron chi connectivity index (χ1n) is 13.8. The molecule has 5 rings (SSSR count). The maximum absolute atomic E-state index is 14.0. The molecule has 3 aromatic rings. The first-order valence-corrected chi connectivity index (χ1v) is 13.8. The Kier molecular flexibility index (Phi) is 8.28. The first-order chi connectivity index (χ1) is 20.3. The molecule has 0 bridgehead atoms. The summed E-state index contributed by atoms with van der Waals surface area (Å²) in [5.74, 6) is 0.677. The van der Waals surface area contributed by atoms with E-state index in [9.17, 15) is 25.0 Å². The third kappa shape index (κ3) is 5.85. The Balaban J connectivity index is 1.58. The molecule has 1 fully saturated rings. The molecule has 0 saturated heterocycles.